The van der Waals surface area contributed by atoms with Gasteiger partial charge >= 0.3 is 0 Å². The van der Waals surface area contributed by atoms with Crippen molar-refractivity contribution < 1.29 is 9.66 Å². The summed E-state index contributed by atoms with van der Waals surface area (Å²) in [5.74, 6) is 0. The molecule has 0 aromatic heterocycles. The highest BCUT2D eigenvalue weighted by atomic mass is 35.5. The molecule has 0 spiro atoms. The average Bonchev–Trinajstić information content (AvgIpc) is 2.51. The van der Waals surface area contributed by atoms with Gasteiger partial charge in [0.15, 0.2) is 0 Å². The summed E-state index contributed by atoms with van der Waals surface area (Å²) in [4.78, 5) is 10.4. The maximum Gasteiger partial charge on any atom is 0.269 e. The fraction of sp³-hybridized carbons (Fsp3) is 0.250. The van der Waals surface area contributed by atoms with E-state index in [1.54, 1.807) is 13.2 Å². The molecule has 2 aromatic carbocycles. The fourth-order valence-corrected chi connectivity index (χ4v) is 2.35. The lowest BCUT2D eigenvalue weighted by molar-refractivity contribution is -0.384. The number of nitrogens with one attached hydrogen (secondary N) is 1. The van der Waals surface area contributed by atoms with Crippen molar-refractivity contribution in [3.05, 3.63) is 74.3 Å². The highest BCUT2D eigenvalue weighted by Crippen LogP contribution is 2.22. The number of hydrogen-bond acceptors (Lipinski definition) is 4. The number of ether oxygens (including phenoxy) is 1. The molecule has 0 aliphatic carbocycles. The highest BCUT2D eigenvalue weighted by Gasteiger charge is 2.09. The minimum absolute atomic E-state index is 0.0426. The van der Waals surface area contributed by atoms with E-state index in [9.17, 15) is 10.1 Å². The number of methoxy groups -OCH3 is 1. The number of nitro groups is 1. The van der Waals surface area contributed by atoms with Gasteiger partial charge < -0.3 is 10.1 Å². The SMILES string of the molecule is COCc1ccccc1CNCc1cc([N+](=O)[O-])ccc1Cl. The van der Waals surface area contributed by atoms with Gasteiger partial charge in [0, 0.05) is 37.4 Å². The third-order valence-corrected chi connectivity index (χ3v) is 3.66. The van der Waals surface area contributed by atoms with Crippen LogP contribution in [-0.4, -0.2) is 12.0 Å². The molecule has 0 saturated carbocycles. The molecule has 2 aromatic rings. The van der Waals surface area contributed by atoms with Gasteiger partial charge in [0.05, 0.1) is 11.5 Å². The van der Waals surface area contributed by atoms with E-state index in [1.165, 1.54) is 12.1 Å². The van der Waals surface area contributed by atoms with Gasteiger partial charge in [-0.15, -0.1) is 0 Å². The first-order chi connectivity index (χ1) is 10.6. The molecule has 0 aliphatic heterocycles. The monoisotopic (exact) mass is 320 g/mol. The minimum atomic E-state index is -0.423. The molecule has 0 fully saturated rings. The van der Waals surface area contributed by atoms with E-state index in [4.69, 9.17) is 16.3 Å². The number of nitro benzene ring substituents is 1. The second kappa shape index (κ2) is 7.89. The maximum atomic E-state index is 10.8. The number of nitrogens with zero attached hydrogens (tertiary/aromatic N) is 1. The standard InChI is InChI=1S/C16H17ClN2O3/c1-22-11-13-5-3-2-4-12(13)9-18-10-14-8-15(19(20)21)6-7-16(14)17/h2-8,18H,9-11H2,1H3. The molecule has 0 radical (unpaired) electrons. The fourth-order valence-electron chi connectivity index (χ4n) is 2.17. The molecule has 5 nitrogen and oxygen atoms in total. The van der Waals surface area contributed by atoms with E-state index in [1.807, 2.05) is 24.3 Å². The predicted molar refractivity (Wildman–Crippen MR) is 85.8 cm³/mol. The Morgan fingerprint density at radius 3 is 2.50 bits per heavy atom. The van der Waals surface area contributed by atoms with Crippen molar-refractivity contribution in [1.29, 1.82) is 0 Å². The number of rotatable bonds is 7. The van der Waals surface area contributed by atoms with Crippen molar-refractivity contribution in [3.63, 3.8) is 0 Å². The third-order valence-electron chi connectivity index (χ3n) is 3.29. The maximum absolute atomic E-state index is 10.8. The lowest BCUT2D eigenvalue weighted by Gasteiger charge is -2.10. The van der Waals surface area contributed by atoms with Gasteiger partial charge in [-0.3, -0.25) is 10.1 Å². The predicted octanol–water partition coefficient (Wildman–Crippen LogP) is 3.68. The van der Waals surface area contributed by atoms with Crippen LogP contribution in [-0.2, 0) is 24.4 Å². The molecule has 0 heterocycles. The molecule has 0 atom stereocenters. The number of benzene rings is 2. The lowest BCUT2D eigenvalue weighted by atomic mass is 10.1. The molecule has 116 valence electrons. The van der Waals surface area contributed by atoms with Gasteiger partial charge in [-0.05, 0) is 22.8 Å². The Kier molecular flexibility index (Phi) is 5.89. The van der Waals surface area contributed by atoms with Crippen LogP contribution in [0, 0.1) is 10.1 Å². The molecule has 2 rings (SSSR count). The molecular weight excluding hydrogens is 304 g/mol. The van der Waals surface area contributed by atoms with Crippen LogP contribution in [0.2, 0.25) is 5.02 Å². The molecule has 0 saturated heterocycles. The van der Waals surface area contributed by atoms with Crippen LogP contribution < -0.4 is 5.32 Å². The number of halogens is 1. The first-order valence-corrected chi connectivity index (χ1v) is 7.19. The van der Waals surface area contributed by atoms with Crippen LogP contribution in [0.3, 0.4) is 0 Å². The van der Waals surface area contributed by atoms with Gasteiger partial charge in [-0.2, -0.15) is 0 Å². The van der Waals surface area contributed by atoms with Gasteiger partial charge in [-0.1, -0.05) is 35.9 Å². The smallest absolute Gasteiger partial charge is 0.269 e. The topological polar surface area (TPSA) is 64.4 Å². The second-order valence-electron chi connectivity index (χ2n) is 4.84. The van der Waals surface area contributed by atoms with Crippen LogP contribution >= 0.6 is 11.6 Å². The average molecular weight is 321 g/mol. The van der Waals surface area contributed by atoms with Gasteiger partial charge in [-0.25, -0.2) is 0 Å². The van der Waals surface area contributed by atoms with E-state index >= 15 is 0 Å². The van der Waals surface area contributed by atoms with E-state index in [0.29, 0.717) is 30.3 Å². The normalized spacial score (nSPS) is 10.6. The summed E-state index contributed by atoms with van der Waals surface area (Å²) >= 11 is 6.08. The summed E-state index contributed by atoms with van der Waals surface area (Å²) in [5, 5.41) is 14.6. The van der Waals surface area contributed by atoms with Crippen LogP contribution in [0.15, 0.2) is 42.5 Å². The molecule has 22 heavy (non-hydrogen) atoms. The van der Waals surface area contributed by atoms with Crippen LogP contribution in [0.25, 0.3) is 0 Å². The van der Waals surface area contributed by atoms with E-state index in [-0.39, 0.29) is 5.69 Å². The molecule has 0 unspecified atom stereocenters. The molecule has 6 heteroatoms. The van der Waals surface area contributed by atoms with Gasteiger partial charge in [0.25, 0.3) is 5.69 Å². The van der Waals surface area contributed by atoms with Gasteiger partial charge in [0.1, 0.15) is 0 Å². The molecular formula is C16H17ClN2O3. The van der Waals surface area contributed by atoms with E-state index < -0.39 is 4.92 Å². The zero-order chi connectivity index (χ0) is 15.9. The van der Waals surface area contributed by atoms with E-state index in [0.717, 1.165) is 11.1 Å². The zero-order valence-electron chi connectivity index (χ0n) is 12.2. The summed E-state index contributed by atoms with van der Waals surface area (Å²) < 4.78 is 5.17. The summed E-state index contributed by atoms with van der Waals surface area (Å²) in [5.41, 5.74) is 3.00. The summed E-state index contributed by atoms with van der Waals surface area (Å²) in [6, 6.07) is 12.4. The van der Waals surface area contributed by atoms with Crippen molar-refractivity contribution in [2.24, 2.45) is 0 Å². The molecule has 0 amide bonds. The zero-order valence-corrected chi connectivity index (χ0v) is 13.0. The first-order valence-electron chi connectivity index (χ1n) is 6.81. The van der Waals surface area contributed by atoms with Gasteiger partial charge in [0.2, 0.25) is 0 Å². The Hall–Kier alpha value is -1.95. The van der Waals surface area contributed by atoms with Crippen molar-refractivity contribution in [2.75, 3.05) is 7.11 Å². The van der Waals surface area contributed by atoms with Crippen molar-refractivity contribution in [2.45, 2.75) is 19.7 Å². The Bertz CT molecular complexity index is 662. The van der Waals surface area contributed by atoms with Crippen molar-refractivity contribution in [3.8, 4) is 0 Å². The quantitative estimate of drug-likeness (QED) is 0.624. The van der Waals surface area contributed by atoms with Crippen LogP contribution in [0.1, 0.15) is 16.7 Å². The third kappa shape index (κ3) is 4.27. The molecule has 1 N–H and O–H groups in total. The summed E-state index contributed by atoms with van der Waals surface area (Å²) in [6.07, 6.45) is 0. The molecule has 0 aliphatic rings. The molecule has 0 bridgehead atoms. The lowest BCUT2D eigenvalue weighted by Crippen LogP contribution is -2.14. The van der Waals surface area contributed by atoms with Crippen LogP contribution in [0.5, 0.6) is 0 Å². The Balaban J connectivity index is 2.02. The Labute approximate surface area is 134 Å². The number of hydrogen-bond donors (Lipinski definition) is 1. The summed E-state index contributed by atoms with van der Waals surface area (Å²) in [6.45, 7) is 1.65. The highest BCUT2D eigenvalue weighted by molar-refractivity contribution is 6.31. The largest absolute Gasteiger partial charge is 0.380 e. The van der Waals surface area contributed by atoms with E-state index in [2.05, 4.69) is 5.32 Å². The van der Waals surface area contributed by atoms with Crippen LogP contribution in [0.4, 0.5) is 5.69 Å². The minimum Gasteiger partial charge on any atom is -0.380 e. The Morgan fingerprint density at radius 1 is 1.14 bits per heavy atom. The van der Waals surface area contributed by atoms with Crippen molar-refractivity contribution >= 4 is 17.3 Å². The number of non-ortho nitro benzene ring substituents is 1. The first kappa shape index (κ1) is 16.4. The van der Waals surface area contributed by atoms with Crippen molar-refractivity contribution in [1.82, 2.24) is 5.32 Å². The Morgan fingerprint density at radius 2 is 1.82 bits per heavy atom. The summed E-state index contributed by atoms with van der Waals surface area (Å²) in [7, 11) is 1.66. The second-order valence-corrected chi connectivity index (χ2v) is 5.25.